The zero-order chi connectivity index (χ0) is 50.0. The van der Waals surface area contributed by atoms with Gasteiger partial charge in [-0.25, -0.2) is 0 Å². The fraction of sp³-hybridized carbons (Fsp3) is 0.0270. The van der Waals surface area contributed by atoms with Crippen LogP contribution in [0.2, 0.25) is 0 Å². The minimum atomic E-state index is -0.559. The molecule has 2 heterocycles. The van der Waals surface area contributed by atoms with Crippen LogP contribution in [0.15, 0.2) is 291 Å². The molecule has 354 valence electrons. The van der Waals surface area contributed by atoms with E-state index in [1.807, 2.05) is 0 Å². The Morgan fingerprint density at radius 1 is 0.263 bits per heavy atom. The molecule has 0 fully saturated rings. The van der Waals surface area contributed by atoms with E-state index in [0.717, 1.165) is 17.1 Å². The molecular weight excluding hydrogens is 917 g/mol. The van der Waals surface area contributed by atoms with Gasteiger partial charge in [0, 0.05) is 27.8 Å². The van der Waals surface area contributed by atoms with E-state index in [1.54, 1.807) is 0 Å². The number of aromatic nitrogens is 1. The molecule has 0 atom stereocenters. The maximum atomic E-state index is 2.57. The minimum Gasteiger partial charge on any atom is -0.310 e. The van der Waals surface area contributed by atoms with Crippen LogP contribution < -0.4 is 4.90 Å². The first-order valence-corrected chi connectivity index (χ1v) is 26.5. The summed E-state index contributed by atoms with van der Waals surface area (Å²) in [6, 6.07) is 109. The maximum absolute atomic E-state index is 2.57. The Hall–Kier alpha value is -9.76. The zero-order valence-corrected chi connectivity index (χ0v) is 41.6. The lowest BCUT2D eigenvalue weighted by Gasteiger charge is -2.40. The first-order valence-electron chi connectivity index (χ1n) is 26.5. The molecule has 0 bridgehead atoms. The molecule has 1 spiro atoms. The summed E-state index contributed by atoms with van der Waals surface area (Å²) >= 11 is 0. The van der Waals surface area contributed by atoms with Gasteiger partial charge in [0.15, 0.2) is 0 Å². The lowest BCUT2D eigenvalue weighted by Crippen LogP contribution is -2.33. The molecule has 0 saturated heterocycles. The van der Waals surface area contributed by atoms with Crippen LogP contribution in [-0.4, -0.2) is 4.57 Å². The Morgan fingerprint density at radius 3 is 1.32 bits per heavy atom. The number of anilines is 3. The molecule has 12 aromatic carbocycles. The van der Waals surface area contributed by atoms with Crippen molar-refractivity contribution in [1.82, 2.24) is 4.57 Å². The molecular formula is C74H48N2. The fourth-order valence-electron chi connectivity index (χ4n) is 14.0. The van der Waals surface area contributed by atoms with Crippen LogP contribution in [0.1, 0.15) is 44.5 Å². The smallest absolute Gasteiger partial charge is 0.0754 e. The Balaban J connectivity index is 0.955. The number of hydrogen-bond donors (Lipinski definition) is 0. The van der Waals surface area contributed by atoms with E-state index in [9.17, 15) is 0 Å². The first-order chi connectivity index (χ1) is 37.7. The highest BCUT2D eigenvalue weighted by molar-refractivity contribution is 6.13. The highest BCUT2D eigenvalue weighted by Gasteiger charge is 2.51. The predicted octanol–water partition coefficient (Wildman–Crippen LogP) is 18.6. The van der Waals surface area contributed by atoms with Gasteiger partial charge in [-0.3, -0.25) is 0 Å². The van der Waals surface area contributed by atoms with Crippen molar-refractivity contribution in [3.63, 3.8) is 0 Å². The summed E-state index contributed by atoms with van der Waals surface area (Å²) in [6.45, 7) is 0. The highest BCUT2D eigenvalue weighted by Crippen LogP contribution is 2.62. The average Bonchev–Trinajstić information content (AvgIpc) is 4.30. The molecule has 3 aliphatic rings. The highest BCUT2D eigenvalue weighted by atomic mass is 15.1. The SMILES string of the molecule is c1ccc(-c2ccc(-c3ccc(N(c4ccc5c(c4)-n4c6ccccc6c6cccc(c64)C54c5ccccc5-c5ccccc54)c4ccc5c(c4)C(c4ccccc4)(c4ccccc4)c4ccccc4-5)cc3)cc2)cc1. The van der Waals surface area contributed by atoms with Crippen molar-refractivity contribution in [3.05, 3.63) is 336 Å². The van der Waals surface area contributed by atoms with Crippen LogP contribution in [0.3, 0.4) is 0 Å². The van der Waals surface area contributed by atoms with E-state index in [2.05, 4.69) is 301 Å². The third-order valence-corrected chi connectivity index (χ3v) is 17.1. The Kier molecular flexibility index (Phi) is 9.20. The number of para-hydroxylation sites is 2. The quantitative estimate of drug-likeness (QED) is 0.155. The van der Waals surface area contributed by atoms with E-state index < -0.39 is 10.8 Å². The Morgan fingerprint density at radius 2 is 0.697 bits per heavy atom. The number of nitrogens with zero attached hydrogens (tertiary/aromatic N) is 2. The van der Waals surface area contributed by atoms with Crippen molar-refractivity contribution in [2.24, 2.45) is 0 Å². The molecule has 13 aromatic rings. The lowest BCUT2D eigenvalue weighted by atomic mass is 9.65. The van der Waals surface area contributed by atoms with Gasteiger partial charge < -0.3 is 9.47 Å². The normalized spacial score (nSPS) is 13.7. The summed E-state index contributed by atoms with van der Waals surface area (Å²) in [5.41, 5.74) is 26.0. The molecule has 0 radical (unpaired) electrons. The van der Waals surface area contributed by atoms with Crippen LogP contribution in [0.4, 0.5) is 17.1 Å². The maximum Gasteiger partial charge on any atom is 0.0754 e. The zero-order valence-electron chi connectivity index (χ0n) is 41.6. The van der Waals surface area contributed by atoms with E-state index in [-0.39, 0.29) is 0 Å². The number of hydrogen-bond acceptors (Lipinski definition) is 1. The van der Waals surface area contributed by atoms with Crippen molar-refractivity contribution >= 4 is 38.9 Å². The Labute approximate surface area is 442 Å². The van der Waals surface area contributed by atoms with Gasteiger partial charge in [-0.05, 0) is 131 Å². The molecule has 1 aromatic heterocycles. The van der Waals surface area contributed by atoms with Crippen LogP contribution in [0.5, 0.6) is 0 Å². The average molecular weight is 965 g/mol. The summed E-state index contributed by atoms with van der Waals surface area (Å²) < 4.78 is 2.57. The molecule has 1 aliphatic heterocycles. The molecule has 2 nitrogen and oxygen atoms in total. The second-order valence-corrected chi connectivity index (χ2v) is 20.7. The van der Waals surface area contributed by atoms with Crippen molar-refractivity contribution < 1.29 is 0 Å². The third-order valence-electron chi connectivity index (χ3n) is 17.1. The van der Waals surface area contributed by atoms with Crippen molar-refractivity contribution in [2.75, 3.05) is 4.90 Å². The van der Waals surface area contributed by atoms with Crippen molar-refractivity contribution in [2.45, 2.75) is 10.8 Å². The molecule has 0 amide bonds. The molecule has 2 aliphatic carbocycles. The van der Waals surface area contributed by atoms with Crippen LogP contribution in [0.25, 0.3) is 72.0 Å². The molecule has 0 unspecified atom stereocenters. The lowest BCUT2D eigenvalue weighted by molar-refractivity contribution is 0.748. The van der Waals surface area contributed by atoms with Gasteiger partial charge >= 0.3 is 0 Å². The van der Waals surface area contributed by atoms with Crippen LogP contribution in [-0.2, 0) is 10.8 Å². The molecule has 16 rings (SSSR count). The van der Waals surface area contributed by atoms with E-state index >= 15 is 0 Å². The van der Waals surface area contributed by atoms with Crippen LogP contribution in [0, 0.1) is 0 Å². The summed E-state index contributed by atoms with van der Waals surface area (Å²) in [5, 5.41) is 2.53. The first kappa shape index (κ1) is 42.7. The molecule has 0 N–H and O–H groups in total. The monoisotopic (exact) mass is 964 g/mol. The standard InChI is InChI=1S/C74H48N2/c1-4-19-49(20-5-1)50-35-37-51(38-36-50)52-39-41-55(42-40-52)75(56-43-45-61-60-27-10-14-30-64(60)73(69(61)47-56,53-21-6-2-7-22-53)54-23-8-3-9-24-54)57-44-46-67-71(48-57)76-70-34-17-13-28-62(70)63-29-18-33-68(72(63)76)74(67)65-31-15-11-25-58(65)59-26-12-16-32-66(59)74/h1-48H. The van der Waals surface area contributed by atoms with Gasteiger partial charge in [0.25, 0.3) is 0 Å². The third kappa shape index (κ3) is 5.81. The van der Waals surface area contributed by atoms with Crippen molar-refractivity contribution in [3.8, 4) is 50.2 Å². The van der Waals surface area contributed by atoms with Gasteiger partial charge in [0.05, 0.1) is 27.6 Å². The minimum absolute atomic E-state index is 0.544. The van der Waals surface area contributed by atoms with Gasteiger partial charge in [-0.2, -0.15) is 0 Å². The fourth-order valence-corrected chi connectivity index (χ4v) is 14.0. The second-order valence-electron chi connectivity index (χ2n) is 20.7. The molecule has 2 heteroatoms. The molecule has 0 saturated carbocycles. The van der Waals surface area contributed by atoms with Crippen molar-refractivity contribution in [1.29, 1.82) is 0 Å². The summed E-state index contributed by atoms with van der Waals surface area (Å²) in [5.74, 6) is 0. The van der Waals surface area contributed by atoms with E-state index in [1.165, 1.54) is 117 Å². The largest absolute Gasteiger partial charge is 0.310 e. The summed E-state index contributed by atoms with van der Waals surface area (Å²) in [7, 11) is 0. The Bertz CT molecular complexity index is 4350. The molecule has 76 heavy (non-hydrogen) atoms. The summed E-state index contributed by atoms with van der Waals surface area (Å²) in [4.78, 5) is 2.50. The topological polar surface area (TPSA) is 8.17 Å². The van der Waals surface area contributed by atoms with Gasteiger partial charge in [0.1, 0.15) is 0 Å². The van der Waals surface area contributed by atoms with Crippen LogP contribution >= 0.6 is 0 Å². The number of fused-ring (bicyclic) bond motifs is 15. The number of benzene rings is 12. The van der Waals surface area contributed by atoms with Gasteiger partial charge in [-0.15, -0.1) is 0 Å². The van der Waals surface area contributed by atoms with E-state index in [0.29, 0.717) is 0 Å². The predicted molar refractivity (Wildman–Crippen MR) is 315 cm³/mol. The van der Waals surface area contributed by atoms with Gasteiger partial charge in [-0.1, -0.05) is 249 Å². The van der Waals surface area contributed by atoms with E-state index in [4.69, 9.17) is 0 Å². The number of rotatable bonds is 7. The summed E-state index contributed by atoms with van der Waals surface area (Å²) in [6.07, 6.45) is 0. The van der Waals surface area contributed by atoms with Gasteiger partial charge in [0.2, 0.25) is 0 Å². The second kappa shape index (κ2) is 16.4.